The fourth-order valence-corrected chi connectivity index (χ4v) is 3.72. The first-order valence-electron chi connectivity index (χ1n) is 7.18. The molecule has 6 nitrogen and oxygen atoms in total. The Labute approximate surface area is 128 Å². The molecule has 1 saturated carbocycles. The summed E-state index contributed by atoms with van der Waals surface area (Å²) in [6.45, 7) is 0.817. The average Bonchev–Trinajstić information content (AvgIpc) is 3.11. The lowest BCUT2D eigenvalue weighted by Gasteiger charge is -2.11. The maximum absolute atomic E-state index is 12.0. The molecule has 21 heavy (non-hydrogen) atoms. The van der Waals surface area contributed by atoms with Crippen LogP contribution in [0.5, 0.6) is 0 Å². The standard InChI is InChI=1S/C14H22N4O2S/c1-16-12(19)9-10(15)11(13(20)17-2)21-14(9)18-7-8-5-3-4-6-8/h8,18H,3-7,15H2,1-2H3,(H,16,19)(H,17,20). The van der Waals surface area contributed by atoms with Crippen LogP contribution in [-0.4, -0.2) is 32.5 Å². The SMILES string of the molecule is CNC(=O)c1sc(NCC2CCCC2)c(C(=O)NC)c1N. The molecule has 1 aliphatic carbocycles. The Morgan fingerprint density at radius 2 is 1.81 bits per heavy atom. The summed E-state index contributed by atoms with van der Waals surface area (Å²) in [6, 6.07) is 0. The van der Waals surface area contributed by atoms with Crippen molar-refractivity contribution in [2.24, 2.45) is 5.92 Å². The first kappa shape index (κ1) is 15.6. The van der Waals surface area contributed by atoms with Crippen molar-refractivity contribution < 1.29 is 9.59 Å². The summed E-state index contributed by atoms with van der Waals surface area (Å²) < 4.78 is 0. The second-order valence-electron chi connectivity index (χ2n) is 5.24. The van der Waals surface area contributed by atoms with Gasteiger partial charge in [-0.1, -0.05) is 12.8 Å². The van der Waals surface area contributed by atoms with Gasteiger partial charge in [0.25, 0.3) is 11.8 Å². The van der Waals surface area contributed by atoms with E-state index < -0.39 is 0 Å². The normalized spacial score (nSPS) is 15.0. The van der Waals surface area contributed by atoms with E-state index in [1.165, 1.54) is 37.0 Å². The van der Waals surface area contributed by atoms with Gasteiger partial charge in [-0.2, -0.15) is 0 Å². The predicted molar refractivity (Wildman–Crippen MR) is 86.0 cm³/mol. The number of anilines is 2. The molecule has 116 valence electrons. The molecule has 0 aromatic carbocycles. The molecule has 7 heteroatoms. The van der Waals surface area contributed by atoms with Gasteiger partial charge in [0.15, 0.2) is 0 Å². The van der Waals surface area contributed by atoms with Gasteiger partial charge in [-0.3, -0.25) is 9.59 Å². The maximum Gasteiger partial charge on any atom is 0.263 e. The smallest absolute Gasteiger partial charge is 0.263 e. The second kappa shape index (κ2) is 6.80. The minimum Gasteiger partial charge on any atom is -0.397 e. The number of hydrogen-bond acceptors (Lipinski definition) is 5. The molecule has 0 saturated heterocycles. The summed E-state index contributed by atoms with van der Waals surface area (Å²) >= 11 is 1.24. The molecule has 0 aliphatic heterocycles. The Morgan fingerprint density at radius 1 is 1.19 bits per heavy atom. The number of hydrogen-bond donors (Lipinski definition) is 4. The highest BCUT2D eigenvalue weighted by Crippen LogP contribution is 2.36. The van der Waals surface area contributed by atoms with Crippen LogP contribution in [-0.2, 0) is 0 Å². The number of carbonyl (C=O) groups is 2. The second-order valence-corrected chi connectivity index (χ2v) is 6.26. The van der Waals surface area contributed by atoms with E-state index in [-0.39, 0.29) is 17.5 Å². The summed E-state index contributed by atoms with van der Waals surface area (Å²) in [5.41, 5.74) is 6.61. The van der Waals surface area contributed by atoms with Crippen LogP contribution in [0.3, 0.4) is 0 Å². The van der Waals surface area contributed by atoms with E-state index >= 15 is 0 Å². The molecule has 1 heterocycles. The molecule has 0 spiro atoms. The molecule has 0 atom stereocenters. The summed E-state index contributed by atoms with van der Waals surface area (Å²) in [4.78, 5) is 24.2. The van der Waals surface area contributed by atoms with E-state index in [9.17, 15) is 9.59 Å². The zero-order chi connectivity index (χ0) is 15.4. The number of carbonyl (C=O) groups excluding carboxylic acids is 2. The number of rotatable bonds is 5. The van der Waals surface area contributed by atoms with Crippen molar-refractivity contribution in [3.8, 4) is 0 Å². The number of amides is 2. The number of thiophene rings is 1. The Hall–Kier alpha value is -1.76. The molecule has 1 aromatic heterocycles. The van der Waals surface area contributed by atoms with Crippen LogP contribution >= 0.6 is 11.3 Å². The average molecular weight is 310 g/mol. The van der Waals surface area contributed by atoms with Crippen LogP contribution in [0, 0.1) is 5.92 Å². The fourth-order valence-electron chi connectivity index (χ4n) is 2.65. The molecule has 2 amide bonds. The third-order valence-corrected chi connectivity index (χ3v) is 5.02. The van der Waals surface area contributed by atoms with Gasteiger partial charge < -0.3 is 21.7 Å². The summed E-state index contributed by atoms with van der Waals surface area (Å²) in [6.07, 6.45) is 4.96. The Morgan fingerprint density at radius 3 is 2.38 bits per heavy atom. The maximum atomic E-state index is 12.0. The van der Waals surface area contributed by atoms with Gasteiger partial charge >= 0.3 is 0 Å². The Balaban J connectivity index is 2.24. The lowest BCUT2D eigenvalue weighted by molar-refractivity contribution is 0.0963. The van der Waals surface area contributed by atoms with Gasteiger partial charge in [0, 0.05) is 20.6 Å². The van der Waals surface area contributed by atoms with Crippen LogP contribution in [0.1, 0.15) is 45.7 Å². The molecule has 1 aromatic rings. The molecule has 1 aliphatic rings. The van der Waals surface area contributed by atoms with Gasteiger partial charge in [-0.15, -0.1) is 11.3 Å². The zero-order valence-electron chi connectivity index (χ0n) is 12.4. The number of nitrogens with two attached hydrogens (primary N) is 1. The highest BCUT2D eigenvalue weighted by molar-refractivity contribution is 7.19. The van der Waals surface area contributed by atoms with E-state index in [4.69, 9.17) is 5.73 Å². The highest BCUT2D eigenvalue weighted by atomic mass is 32.1. The molecule has 2 rings (SSSR count). The summed E-state index contributed by atoms with van der Waals surface area (Å²) in [5, 5.41) is 9.11. The van der Waals surface area contributed by atoms with Crippen molar-refractivity contribution in [3.05, 3.63) is 10.4 Å². The van der Waals surface area contributed by atoms with E-state index in [0.717, 1.165) is 6.54 Å². The zero-order valence-corrected chi connectivity index (χ0v) is 13.2. The molecule has 0 bridgehead atoms. The minimum absolute atomic E-state index is 0.243. The van der Waals surface area contributed by atoms with Crippen molar-refractivity contribution in [2.75, 3.05) is 31.7 Å². The van der Waals surface area contributed by atoms with Gasteiger partial charge in [0.1, 0.15) is 9.88 Å². The van der Waals surface area contributed by atoms with Gasteiger partial charge in [0.2, 0.25) is 0 Å². The van der Waals surface area contributed by atoms with Crippen LogP contribution in [0.4, 0.5) is 10.7 Å². The topological polar surface area (TPSA) is 96.2 Å². The highest BCUT2D eigenvalue weighted by Gasteiger charge is 2.25. The molecule has 5 N–H and O–H groups in total. The van der Waals surface area contributed by atoms with Gasteiger partial charge in [0.05, 0.1) is 11.3 Å². The summed E-state index contributed by atoms with van der Waals surface area (Å²) in [7, 11) is 3.10. The van der Waals surface area contributed by atoms with Crippen LogP contribution in [0.15, 0.2) is 0 Å². The van der Waals surface area contributed by atoms with E-state index in [1.807, 2.05) is 0 Å². The predicted octanol–water partition coefficient (Wildman–Crippen LogP) is 1.65. The fraction of sp³-hybridized carbons (Fsp3) is 0.571. The van der Waals surface area contributed by atoms with E-state index in [2.05, 4.69) is 16.0 Å². The van der Waals surface area contributed by atoms with Crippen molar-refractivity contribution in [1.82, 2.24) is 10.6 Å². The van der Waals surface area contributed by atoms with Crippen LogP contribution in [0.25, 0.3) is 0 Å². The first-order chi connectivity index (χ1) is 10.1. The van der Waals surface area contributed by atoms with Crippen molar-refractivity contribution in [2.45, 2.75) is 25.7 Å². The van der Waals surface area contributed by atoms with Crippen molar-refractivity contribution in [1.29, 1.82) is 0 Å². The molecular formula is C14H22N4O2S. The number of nitrogen functional groups attached to an aromatic ring is 1. The molecule has 1 fully saturated rings. The van der Waals surface area contributed by atoms with E-state index in [1.54, 1.807) is 14.1 Å². The Kier molecular flexibility index (Phi) is 5.06. The minimum atomic E-state index is -0.271. The van der Waals surface area contributed by atoms with Gasteiger partial charge in [-0.25, -0.2) is 0 Å². The Bertz CT molecular complexity index is 535. The lowest BCUT2D eigenvalue weighted by atomic mass is 10.1. The van der Waals surface area contributed by atoms with E-state index in [0.29, 0.717) is 21.4 Å². The monoisotopic (exact) mass is 310 g/mol. The largest absolute Gasteiger partial charge is 0.397 e. The van der Waals surface area contributed by atoms with Crippen molar-refractivity contribution in [3.63, 3.8) is 0 Å². The number of nitrogens with one attached hydrogen (secondary N) is 3. The third kappa shape index (κ3) is 3.29. The van der Waals surface area contributed by atoms with Crippen LogP contribution < -0.4 is 21.7 Å². The lowest BCUT2D eigenvalue weighted by Crippen LogP contribution is -2.22. The van der Waals surface area contributed by atoms with Gasteiger partial charge in [-0.05, 0) is 18.8 Å². The molecular weight excluding hydrogens is 288 g/mol. The van der Waals surface area contributed by atoms with Crippen LogP contribution in [0.2, 0.25) is 0 Å². The molecule has 0 unspecified atom stereocenters. The first-order valence-corrected chi connectivity index (χ1v) is 8.00. The molecule has 0 radical (unpaired) electrons. The third-order valence-electron chi connectivity index (χ3n) is 3.86. The van der Waals surface area contributed by atoms with Crippen molar-refractivity contribution >= 4 is 33.8 Å². The quantitative estimate of drug-likeness (QED) is 0.665. The summed E-state index contributed by atoms with van der Waals surface area (Å²) in [5.74, 6) is 0.0960.